The molecular weight excluding hydrogens is 425 g/mol. The number of benzene rings is 1. The van der Waals surface area contributed by atoms with Gasteiger partial charge in [0.25, 0.3) is 0 Å². The quantitative estimate of drug-likeness (QED) is 0.437. The highest BCUT2D eigenvalue weighted by Crippen LogP contribution is 2.16. The van der Waals surface area contributed by atoms with E-state index in [9.17, 15) is 0 Å². The normalized spacial score (nSPS) is 17.9. The second kappa shape index (κ2) is 9.79. The molecule has 25 heavy (non-hydrogen) atoms. The first-order valence-electron chi connectivity index (χ1n) is 8.88. The molecule has 0 spiro atoms. The number of hydrogen-bond donors (Lipinski definition) is 1. The van der Waals surface area contributed by atoms with Crippen molar-refractivity contribution in [3.05, 3.63) is 48.3 Å². The van der Waals surface area contributed by atoms with Gasteiger partial charge in [0, 0.05) is 32.0 Å². The van der Waals surface area contributed by atoms with Gasteiger partial charge in [-0.1, -0.05) is 19.1 Å². The minimum Gasteiger partial charge on any atom is -0.357 e. The molecule has 2 heterocycles. The van der Waals surface area contributed by atoms with Crippen LogP contribution in [0.25, 0.3) is 5.69 Å². The number of nitrogens with zero attached hydrogens (tertiary/aromatic N) is 4. The Morgan fingerprint density at radius 3 is 2.76 bits per heavy atom. The van der Waals surface area contributed by atoms with Crippen LogP contribution in [0.1, 0.15) is 32.3 Å². The molecule has 5 nitrogen and oxygen atoms in total. The first-order chi connectivity index (χ1) is 11.8. The summed E-state index contributed by atoms with van der Waals surface area (Å²) < 4.78 is 1.87. The second-order valence-corrected chi connectivity index (χ2v) is 6.48. The van der Waals surface area contributed by atoms with Crippen LogP contribution in [-0.2, 0) is 6.54 Å². The smallest absolute Gasteiger partial charge is 0.194 e. The zero-order valence-corrected chi connectivity index (χ0v) is 17.4. The highest BCUT2D eigenvalue weighted by atomic mass is 127. The molecule has 1 unspecified atom stereocenters. The van der Waals surface area contributed by atoms with Gasteiger partial charge in [-0.05, 0) is 49.4 Å². The van der Waals surface area contributed by atoms with Crippen LogP contribution in [0.3, 0.4) is 0 Å². The summed E-state index contributed by atoms with van der Waals surface area (Å²) in [5.41, 5.74) is 2.29. The van der Waals surface area contributed by atoms with Crippen molar-refractivity contribution in [3.63, 3.8) is 0 Å². The van der Waals surface area contributed by atoms with Crippen LogP contribution >= 0.6 is 24.0 Å². The molecule has 0 saturated carbocycles. The molecule has 0 bridgehead atoms. The first-order valence-corrected chi connectivity index (χ1v) is 8.88. The number of halogens is 1. The lowest BCUT2D eigenvalue weighted by atomic mass is 10.0. The fourth-order valence-electron chi connectivity index (χ4n) is 3.15. The fraction of sp³-hybridized carbons (Fsp3) is 0.474. The van der Waals surface area contributed by atoms with Gasteiger partial charge in [0.15, 0.2) is 5.96 Å². The van der Waals surface area contributed by atoms with E-state index in [1.807, 2.05) is 16.9 Å². The van der Waals surface area contributed by atoms with Crippen molar-refractivity contribution in [2.45, 2.75) is 33.2 Å². The topological polar surface area (TPSA) is 45.5 Å². The van der Waals surface area contributed by atoms with Crippen molar-refractivity contribution in [1.82, 2.24) is 20.0 Å². The van der Waals surface area contributed by atoms with Gasteiger partial charge < -0.3 is 10.2 Å². The maximum absolute atomic E-state index is 4.84. The van der Waals surface area contributed by atoms with Crippen molar-refractivity contribution in [2.24, 2.45) is 10.9 Å². The molecular formula is C19H28IN5. The van der Waals surface area contributed by atoms with Crippen LogP contribution in [0.15, 0.2) is 47.7 Å². The Labute approximate surface area is 167 Å². The van der Waals surface area contributed by atoms with Gasteiger partial charge in [0.1, 0.15) is 0 Å². The zero-order valence-electron chi connectivity index (χ0n) is 15.1. The molecule has 136 valence electrons. The SMILES string of the molecule is CCNC(=NCc1ccc(-n2cccn2)cc1)N1CCCC(C)C1.I. The molecule has 1 atom stereocenters. The standard InChI is InChI=1S/C19H27N5.HI/c1-3-20-19(23-12-4-6-16(2)15-23)21-14-17-7-9-18(10-8-17)24-13-5-11-22-24;/h5,7-11,13,16H,3-4,6,12,14-15H2,1-2H3,(H,20,21);1H. The molecule has 3 rings (SSSR count). The predicted molar refractivity (Wildman–Crippen MR) is 114 cm³/mol. The molecule has 1 aromatic heterocycles. The van der Waals surface area contributed by atoms with Crippen molar-refractivity contribution in [3.8, 4) is 5.69 Å². The molecule has 1 aliphatic rings. The summed E-state index contributed by atoms with van der Waals surface area (Å²) in [4.78, 5) is 7.24. The van der Waals surface area contributed by atoms with Crippen molar-refractivity contribution >= 4 is 29.9 Å². The Morgan fingerprint density at radius 1 is 1.32 bits per heavy atom. The third kappa shape index (κ3) is 5.45. The molecule has 0 amide bonds. The van der Waals surface area contributed by atoms with E-state index in [1.165, 1.54) is 18.4 Å². The van der Waals surface area contributed by atoms with Gasteiger partial charge in [-0.2, -0.15) is 5.10 Å². The Bertz CT molecular complexity index is 651. The Hall–Kier alpha value is -1.57. The summed E-state index contributed by atoms with van der Waals surface area (Å²) in [6.07, 6.45) is 6.32. The van der Waals surface area contributed by atoms with E-state index < -0.39 is 0 Å². The van der Waals surface area contributed by atoms with Crippen LogP contribution in [0.2, 0.25) is 0 Å². The van der Waals surface area contributed by atoms with Crippen LogP contribution < -0.4 is 5.32 Å². The summed E-state index contributed by atoms with van der Waals surface area (Å²) in [5.74, 6) is 1.79. The summed E-state index contributed by atoms with van der Waals surface area (Å²) in [7, 11) is 0. The molecule has 1 aromatic carbocycles. The van der Waals surface area contributed by atoms with Crippen LogP contribution in [-0.4, -0.2) is 40.3 Å². The summed E-state index contributed by atoms with van der Waals surface area (Å²) in [5, 5.41) is 7.69. The number of piperidine rings is 1. The van der Waals surface area contributed by atoms with Gasteiger partial charge in [-0.3, -0.25) is 0 Å². The molecule has 2 aromatic rings. The predicted octanol–water partition coefficient (Wildman–Crippen LogP) is 3.69. The van der Waals surface area contributed by atoms with E-state index >= 15 is 0 Å². The molecule has 1 saturated heterocycles. The third-order valence-electron chi connectivity index (χ3n) is 4.41. The summed E-state index contributed by atoms with van der Waals surface area (Å²) in [6, 6.07) is 10.4. The second-order valence-electron chi connectivity index (χ2n) is 6.48. The molecule has 0 radical (unpaired) electrons. The summed E-state index contributed by atoms with van der Waals surface area (Å²) in [6.45, 7) is 8.26. The Kier molecular flexibility index (Phi) is 7.74. The van der Waals surface area contributed by atoms with Gasteiger partial charge in [-0.15, -0.1) is 24.0 Å². The fourth-order valence-corrected chi connectivity index (χ4v) is 3.15. The summed E-state index contributed by atoms with van der Waals surface area (Å²) >= 11 is 0. The van der Waals surface area contributed by atoms with Crippen LogP contribution in [0, 0.1) is 5.92 Å². The van der Waals surface area contributed by atoms with Crippen molar-refractivity contribution in [2.75, 3.05) is 19.6 Å². The highest BCUT2D eigenvalue weighted by molar-refractivity contribution is 14.0. The number of nitrogens with one attached hydrogen (secondary N) is 1. The lowest BCUT2D eigenvalue weighted by Gasteiger charge is -2.33. The highest BCUT2D eigenvalue weighted by Gasteiger charge is 2.18. The van der Waals surface area contributed by atoms with E-state index in [4.69, 9.17) is 4.99 Å². The van der Waals surface area contributed by atoms with E-state index in [0.29, 0.717) is 6.54 Å². The van der Waals surface area contributed by atoms with E-state index in [-0.39, 0.29) is 24.0 Å². The molecule has 1 N–H and O–H groups in total. The molecule has 1 fully saturated rings. The van der Waals surface area contributed by atoms with Crippen molar-refractivity contribution < 1.29 is 0 Å². The van der Waals surface area contributed by atoms with Gasteiger partial charge in [0.05, 0.1) is 12.2 Å². The lowest BCUT2D eigenvalue weighted by molar-refractivity contribution is 0.266. The molecule has 0 aliphatic carbocycles. The lowest BCUT2D eigenvalue weighted by Crippen LogP contribution is -2.46. The minimum absolute atomic E-state index is 0. The maximum Gasteiger partial charge on any atom is 0.194 e. The monoisotopic (exact) mass is 453 g/mol. The number of aromatic nitrogens is 2. The Morgan fingerprint density at radius 2 is 2.12 bits per heavy atom. The number of hydrogen-bond acceptors (Lipinski definition) is 2. The largest absolute Gasteiger partial charge is 0.357 e. The number of rotatable bonds is 4. The first kappa shape index (κ1) is 19.8. The zero-order chi connectivity index (χ0) is 16.8. The third-order valence-corrected chi connectivity index (χ3v) is 4.41. The van der Waals surface area contributed by atoms with Crippen LogP contribution in [0.4, 0.5) is 0 Å². The van der Waals surface area contributed by atoms with Crippen LogP contribution in [0.5, 0.6) is 0 Å². The molecule has 6 heteroatoms. The van der Waals surface area contributed by atoms with Gasteiger partial charge >= 0.3 is 0 Å². The van der Waals surface area contributed by atoms with E-state index in [0.717, 1.165) is 37.2 Å². The Balaban J connectivity index is 0.00000225. The maximum atomic E-state index is 4.84. The molecule has 1 aliphatic heterocycles. The number of likely N-dealkylation sites (tertiary alicyclic amines) is 1. The average molecular weight is 453 g/mol. The van der Waals surface area contributed by atoms with E-state index in [2.05, 4.69) is 53.4 Å². The number of aliphatic imine (C=N–C) groups is 1. The van der Waals surface area contributed by atoms with Gasteiger partial charge in [-0.25, -0.2) is 9.67 Å². The van der Waals surface area contributed by atoms with Crippen molar-refractivity contribution in [1.29, 1.82) is 0 Å². The number of guanidine groups is 1. The van der Waals surface area contributed by atoms with E-state index in [1.54, 1.807) is 6.20 Å². The average Bonchev–Trinajstić information content (AvgIpc) is 3.14. The minimum atomic E-state index is 0. The van der Waals surface area contributed by atoms with Gasteiger partial charge in [0.2, 0.25) is 0 Å².